The molecule has 5 nitrogen and oxygen atoms in total. The second-order valence-corrected chi connectivity index (χ2v) is 6.99. The molecule has 0 rings (SSSR count). The molecule has 0 bridgehead atoms. The van der Waals surface area contributed by atoms with Gasteiger partial charge in [-0.3, -0.25) is 4.79 Å². The van der Waals surface area contributed by atoms with Gasteiger partial charge in [-0.05, 0) is 11.8 Å². The third kappa shape index (κ3) is 6.02. The fourth-order valence-corrected chi connectivity index (χ4v) is 2.86. The smallest absolute Gasteiger partial charge is 0.324 e. The Balaban J connectivity index is 4.83. The molecule has 1 N–H and O–H groups in total. The summed E-state index contributed by atoms with van der Waals surface area (Å²) in [6, 6.07) is -0.852. The van der Waals surface area contributed by atoms with E-state index in [2.05, 4.69) is 9.46 Å². The SMILES string of the molecule is CCCCS(=O)(=O)NC(C(=O)OC)C(C)(C)C. The van der Waals surface area contributed by atoms with Crippen LogP contribution in [-0.2, 0) is 19.6 Å². The summed E-state index contributed by atoms with van der Waals surface area (Å²) in [6.45, 7) is 7.28. The zero-order chi connectivity index (χ0) is 13.7. The van der Waals surface area contributed by atoms with Gasteiger partial charge in [0.2, 0.25) is 10.0 Å². The topological polar surface area (TPSA) is 72.5 Å². The van der Waals surface area contributed by atoms with Gasteiger partial charge in [-0.25, -0.2) is 13.1 Å². The highest BCUT2D eigenvalue weighted by atomic mass is 32.2. The normalized spacial score (nSPS) is 14.4. The average Bonchev–Trinajstić information content (AvgIpc) is 2.21. The van der Waals surface area contributed by atoms with Crippen LogP contribution in [0.25, 0.3) is 0 Å². The summed E-state index contributed by atoms with van der Waals surface area (Å²) in [5.41, 5.74) is -0.521. The number of unbranched alkanes of at least 4 members (excludes halogenated alkanes) is 1. The van der Waals surface area contributed by atoms with Gasteiger partial charge in [0.15, 0.2) is 0 Å². The molecule has 0 fully saturated rings. The number of esters is 1. The second-order valence-electron chi connectivity index (χ2n) is 5.11. The first-order valence-corrected chi connectivity index (χ1v) is 7.37. The molecule has 0 spiro atoms. The average molecular weight is 265 g/mol. The summed E-state index contributed by atoms with van der Waals surface area (Å²) in [7, 11) is -2.18. The van der Waals surface area contributed by atoms with Crippen LogP contribution in [0.1, 0.15) is 40.5 Å². The number of hydrogen-bond donors (Lipinski definition) is 1. The molecule has 0 saturated carbocycles. The third-order valence-electron chi connectivity index (χ3n) is 2.37. The van der Waals surface area contributed by atoms with Crippen molar-refractivity contribution in [2.75, 3.05) is 12.9 Å². The van der Waals surface area contributed by atoms with E-state index in [0.717, 1.165) is 6.42 Å². The molecular formula is C11H23NO4S. The Kier molecular flexibility index (Phi) is 6.12. The summed E-state index contributed by atoms with van der Waals surface area (Å²) in [6.07, 6.45) is 1.37. The summed E-state index contributed by atoms with van der Waals surface area (Å²) in [5.74, 6) is -0.523. The standard InChI is InChI=1S/C11H23NO4S/c1-6-7-8-17(14,15)12-9(10(13)16-5)11(2,3)4/h9,12H,6-8H2,1-5H3. The van der Waals surface area contributed by atoms with Crippen molar-refractivity contribution in [1.82, 2.24) is 4.72 Å². The molecule has 0 aromatic heterocycles. The first kappa shape index (κ1) is 16.4. The molecule has 0 aliphatic carbocycles. The molecule has 1 unspecified atom stereocenters. The fourth-order valence-electron chi connectivity index (χ4n) is 1.27. The number of sulfonamides is 1. The molecule has 17 heavy (non-hydrogen) atoms. The van der Waals surface area contributed by atoms with Crippen molar-refractivity contribution in [2.24, 2.45) is 5.41 Å². The van der Waals surface area contributed by atoms with Crippen LogP contribution >= 0.6 is 0 Å². The lowest BCUT2D eigenvalue weighted by Gasteiger charge is -2.28. The van der Waals surface area contributed by atoms with Gasteiger partial charge in [0.05, 0.1) is 12.9 Å². The van der Waals surface area contributed by atoms with Crippen molar-refractivity contribution in [3.63, 3.8) is 0 Å². The van der Waals surface area contributed by atoms with Crippen molar-refractivity contribution in [1.29, 1.82) is 0 Å². The zero-order valence-corrected chi connectivity index (χ0v) is 12.1. The Morgan fingerprint density at radius 3 is 2.24 bits per heavy atom. The molecule has 0 aliphatic heterocycles. The highest BCUT2D eigenvalue weighted by Crippen LogP contribution is 2.21. The Morgan fingerprint density at radius 2 is 1.88 bits per heavy atom. The minimum atomic E-state index is -3.43. The van der Waals surface area contributed by atoms with Crippen molar-refractivity contribution < 1.29 is 17.9 Å². The van der Waals surface area contributed by atoms with Gasteiger partial charge in [0.25, 0.3) is 0 Å². The second kappa shape index (κ2) is 6.35. The van der Waals surface area contributed by atoms with Gasteiger partial charge >= 0.3 is 5.97 Å². The van der Waals surface area contributed by atoms with Crippen molar-refractivity contribution >= 4 is 16.0 Å². The first-order valence-electron chi connectivity index (χ1n) is 5.72. The Morgan fingerprint density at radius 1 is 1.35 bits per heavy atom. The van der Waals surface area contributed by atoms with E-state index in [9.17, 15) is 13.2 Å². The highest BCUT2D eigenvalue weighted by molar-refractivity contribution is 7.89. The number of methoxy groups -OCH3 is 1. The van der Waals surface area contributed by atoms with Crippen molar-refractivity contribution in [2.45, 2.75) is 46.6 Å². The van der Waals surface area contributed by atoms with E-state index < -0.39 is 27.4 Å². The Hall–Kier alpha value is -0.620. The largest absolute Gasteiger partial charge is 0.468 e. The van der Waals surface area contributed by atoms with Crippen LogP contribution in [0.15, 0.2) is 0 Å². The van der Waals surface area contributed by atoms with E-state index in [1.165, 1.54) is 7.11 Å². The Labute approximate surface area is 104 Å². The predicted molar refractivity (Wildman–Crippen MR) is 67.1 cm³/mol. The molecule has 0 amide bonds. The molecule has 0 aromatic carbocycles. The molecule has 0 aliphatic rings. The fraction of sp³-hybridized carbons (Fsp3) is 0.909. The van der Waals surface area contributed by atoms with Crippen molar-refractivity contribution in [3.05, 3.63) is 0 Å². The minimum Gasteiger partial charge on any atom is -0.468 e. The van der Waals surface area contributed by atoms with Crippen LogP contribution in [0.4, 0.5) is 0 Å². The monoisotopic (exact) mass is 265 g/mol. The summed E-state index contributed by atoms with van der Waals surface area (Å²) >= 11 is 0. The van der Waals surface area contributed by atoms with Gasteiger partial charge < -0.3 is 4.74 Å². The van der Waals surface area contributed by atoms with E-state index in [1.54, 1.807) is 20.8 Å². The first-order chi connectivity index (χ1) is 7.64. The molecule has 0 heterocycles. The molecule has 6 heteroatoms. The maximum absolute atomic E-state index is 11.7. The van der Waals surface area contributed by atoms with Crippen LogP contribution in [0, 0.1) is 5.41 Å². The van der Waals surface area contributed by atoms with Gasteiger partial charge in [-0.1, -0.05) is 34.1 Å². The lowest BCUT2D eigenvalue weighted by atomic mass is 9.87. The predicted octanol–water partition coefficient (Wildman–Crippen LogP) is 1.29. The summed E-state index contributed by atoms with van der Waals surface area (Å²) in [4.78, 5) is 11.6. The van der Waals surface area contributed by atoms with Gasteiger partial charge in [0, 0.05) is 0 Å². The van der Waals surface area contributed by atoms with E-state index in [4.69, 9.17) is 0 Å². The Bertz CT molecular complexity index is 343. The molecule has 0 radical (unpaired) electrons. The van der Waals surface area contributed by atoms with Crippen LogP contribution < -0.4 is 4.72 Å². The van der Waals surface area contributed by atoms with Crippen molar-refractivity contribution in [3.8, 4) is 0 Å². The molecule has 1 atom stereocenters. The molecule has 102 valence electrons. The van der Waals surface area contributed by atoms with Crippen LogP contribution in [-0.4, -0.2) is 33.3 Å². The van der Waals surface area contributed by atoms with Gasteiger partial charge in [-0.15, -0.1) is 0 Å². The van der Waals surface area contributed by atoms with Crippen LogP contribution in [0.5, 0.6) is 0 Å². The molecule has 0 aromatic rings. The number of carbonyl (C=O) groups is 1. The minimum absolute atomic E-state index is 0.0348. The molecular weight excluding hydrogens is 242 g/mol. The maximum atomic E-state index is 11.7. The number of rotatable bonds is 6. The van der Waals surface area contributed by atoms with E-state index in [1.807, 2.05) is 6.92 Å². The maximum Gasteiger partial charge on any atom is 0.324 e. The molecule has 0 saturated heterocycles. The lowest BCUT2D eigenvalue weighted by Crippen LogP contribution is -2.50. The summed E-state index contributed by atoms with van der Waals surface area (Å²) in [5, 5.41) is 0. The van der Waals surface area contributed by atoms with E-state index >= 15 is 0 Å². The lowest BCUT2D eigenvalue weighted by molar-refractivity contribution is -0.145. The zero-order valence-electron chi connectivity index (χ0n) is 11.2. The van der Waals surface area contributed by atoms with Crippen LogP contribution in [0.3, 0.4) is 0 Å². The van der Waals surface area contributed by atoms with Gasteiger partial charge in [0.1, 0.15) is 6.04 Å². The number of ether oxygens (including phenoxy) is 1. The van der Waals surface area contributed by atoms with Crippen LogP contribution in [0.2, 0.25) is 0 Å². The number of carbonyl (C=O) groups excluding carboxylic acids is 1. The highest BCUT2D eigenvalue weighted by Gasteiger charge is 2.35. The number of nitrogens with one attached hydrogen (secondary N) is 1. The summed E-state index contributed by atoms with van der Waals surface area (Å²) < 4.78 is 30.5. The van der Waals surface area contributed by atoms with E-state index in [-0.39, 0.29) is 5.75 Å². The number of hydrogen-bond acceptors (Lipinski definition) is 4. The van der Waals surface area contributed by atoms with E-state index in [0.29, 0.717) is 6.42 Å². The quantitative estimate of drug-likeness (QED) is 0.735. The third-order valence-corrected chi connectivity index (χ3v) is 3.79. The van der Waals surface area contributed by atoms with Gasteiger partial charge in [-0.2, -0.15) is 0 Å².